The molecular weight excluding hydrogens is 264 g/mol. The van der Waals surface area contributed by atoms with Gasteiger partial charge in [0.15, 0.2) is 0 Å². The van der Waals surface area contributed by atoms with Gasteiger partial charge < -0.3 is 15.3 Å². The molecule has 0 saturated carbocycles. The van der Waals surface area contributed by atoms with Gasteiger partial charge in [-0.05, 0) is 56.6 Å². The van der Waals surface area contributed by atoms with Gasteiger partial charge in [0.25, 0.3) is 0 Å². The minimum atomic E-state index is 0.108. The van der Waals surface area contributed by atoms with Crippen molar-refractivity contribution in [1.29, 1.82) is 0 Å². The second-order valence-corrected chi connectivity index (χ2v) is 6.10. The summed E-state index contributed by atoms with van der Waals surface area (Å²) in [5.41, 5.74) is 3.11. The number of rotatable bonds is 5. The second kappa shape index (κ2) is 6.99. The lowest BCUT2D eigenvalue weighted by Gasteiger charge is -2.23. The molecule has 1 aliphatic carbocycles. The van der Waals surface area contributed by atoms with E-state index in [4.69, 9.17) is 0 Å². The summed E-state index contributed by atoms with van der Waals surface area (Å²) in [5.74, 6) is 0.659. The number of benzene rings is 1. The third-order valence-electron chi connectivity index (χ3n) is 4.56. The van der Waals surface area contributed by atoms with Crippen molar-refractivity contribution in [2.75, 3.05) is 6.61 Å². The van der Waals surface area contributed by atoms with Crippen LogP contribution in [0.25, 0.3) is 0 Å². The van der Waals surface area contributed by atoms with Gasteiger partial charge in [0, 0.05) is 24.2 Å². The summed E-state index contributed by atoms with van der Waals surface area (Å²) in [7, 11) is 0. The highest BCUT2D eigenvalue weighted by Crippen LogP contribution is 2.41. The van der Waals surface area contributed by atoms with E-state index in [1.807, 2.05) is 6.07 Å². The van der Waals surface area contributed by atoms with Crippen molar-refractivity contribution in [3.05, 3.63) is 34.9 Å². The van der Waals surface area contributed by atoms with Crippen LogP contribution in [0.3, 0.4) is 0 Å². The molecule has 0 unspecified atom stereocenters. The number of aromatic hydroxyl groups is 2. The molecule has 0 radical (unpaired) electrons. The van der Waals surface area contributed by atoms with Gasteiger partial charge >= 0.3 is 0 Å². The Morgan fingerprint density at radius 1 is 1.24 bits per heavy atom. The molecule has 1 aliphatic rings. The van der Waals surface area contributed by atoms with Crippen LogP contribution in [-0.2, 0) is 0 Å². The van der Waals surface area contributed by atoms with Crippen LogP contribution in [0.2, 0.25) is 0 Å². The maximum Gasteiger partial charge on any atom is 0.123 e. The van der Waals surface area contributed by atoms with Gasteiger partial charge in [-0.2, -0.15) is 0 Å². The van der Waals surface area contributed by atoms with Crippen LogP contribution in [0, 0.1) is 0 Å². The summed E-state index contributed by atoms with van der Waals surface area (Å²) in [6, 6.07) is 3.40. The van der Waals surface area contributed by atoms with Gasteiger partial charge in [0.05, 0.1) is 0 Å². The Morgan fingerprint density at radius 3 is 2.62 bits per heavy atom. The molecule has 21 heavy (non-hydrogen) atoms. The number of aliphatic hydroxyl groups excluding tert-OH is 1. The summed E-state index contributed by atoms with van der Waals surface area (Å²) in [6.45, 7) is 4.29. The fourth-order valence-electron chi connectivity index (χ4n) is 3.33. The van der Waals surface area contributed by atoms with E-state index < -0.39 is 0 Å². The van der Waals surface area contributed by atoms with E-state index in [1.165, 1.54) is 11.6 Å². The standard InChI is InChI=1S/C18H26O3/c1-3-13(7-8-19)15-10-16(18(21)11-17(15)20)14-6-4-5-12(2)9-14/h9-11,13-14,19-21H,3-8H2,1-2H3/t13-,14-/m0/s1. The zero-order chi connectivity index (χ0) is 15.4. The van der Waals surface area contributed by atoms with E-state index in [2.05, 4.69) is 19.9 Å². The highest BCUT2D eigenvalue weighted by Gasteiger charge is 2.21. The summed E-state index contributed by atoms with van der Waals surface area (Å²) >= 11 is 0. The number of phenols is 2. The zero-order valence-electron chi connectivity index (χ0n) is 13.0. The van der Waals surface area contributed by atoms with Crippen LogP contribution < -0.4 is 0 Å². The summed E-state index contributed by atoms with van der Waals surface area (Å²) in [5, 5.41) is 29.5. The molecule has 3 heteroatoms. The third kappa shape index (κ3) is 3.59. The van der Waals surface area contributed by atoms with Gasteiger partial charge in [-0.15, -0.1) is 0 Å². The molecule has 2 atom stereocenters. The monoisotopic (exact) mass is 290 g/mol. The van der Waals surface area contributed by atoms with E-state index in [9.17, 15) is 15.3 Å². The zero-order valence-corrected chi connectivity index (χ0v) is 13.0. The van der Waals surface area contributed by atoms with Crippen molar-refractivity contribution in [2.45, 2.75) is 57.8 Å². The van der Waals surface area contributed by atoms with E-state index in [0.717, 1.165) is 36.8 Å². The number of phenolic OH excluding ortho intramolecular Hbond substituents is 2. The summed E-state index contributed by atoms with van der Waals surface area (Å²) in [6.07, 6.45) is 7.02. The minimum Gasteiger partial charge on any atom is -0.508 e. The first-order valence-electron chi connectivity index (χ1n) is 7.90. The van der Waals surface area contributed by atoms with Gasteiger partial charge in [-0.25, -0.2) is 0 Å². The molecule has 0 aliphatic heterocycles. The summed E-state index contributed by atoms with van der Waals surface area (Å²) in [4.78, 5) is 0. The Labute approximate surface area is 126 Å². The van der Waals surface area contributed by atoms with Crippen molar-refractivity contribution in [3.8, 4) is 11.5 Å². The Bertz CT molecular complexity index is 519. The Kier molecular flexibility index (Phi) is 5.29. The molecule has 0 heterocycles. The van der Waals surface area contributed by atoms with E-state index >= 15 is 0 Å². The topological polar surface area (TPSA) is 60.7 Å². The van der Waals surface area contributed by atoms with Gasteiger partial charge in [0.1, 0.15) is 11.5 Å². The van der Waals surface area contributed by atoms with Crippen LogP contribution in [0.5, 0.6) is 11.5 Å². The number of aliphatic hydroxyl groups is 1. The maximum atomic E-state index is 10.2. The largest absolute Gasteiger partial charge is 0.508 e. The molecule has 2 rings (SSSR count). The van der Waals surface area contributed by atoms with Gasteiger partial charge in [-0.3, -0.25) is 0 Å². The fourth-order valence-corrected chi connectivity index (χ4v) is 3.33. The van der Waals surface area contributed by atoms with Crippen LogP contribution in [0.1, 0.15) is 68.9 Å². The van der Waals surface area contributed by atoms with Crippen molar-refractivity contribution in [2.24, 2.45) is 0 Å². The second-order valence-electron chi connectivity index (χ2n) is 6.10. The average Bonchev–Trinajstić information content (AvgIpc) is 2.45. The number of allylic oxidation sites excluding steroid dienone is 2. The number of hydrogen-bond acceptors (Lipinski definition) is 3. The average molecular weight is 290 g/mol. The molecular formula is C18H26O3. The van der Waals surface area contributed by atoms with Crippen LogP contribution >= 0.6 is 0 Å². The minimum absolute atomic E-state index is 0.108. The van der Waals surface area contributed by atoms with E-state index in [1.54, 1.807) is 0 Å². The first-order valence-corrected chi connectivity index (χ1v) is 7.90. The molecule has 3 nitrogen and oxygen atoms in total. The lowest BCUT2D eigenvalue weighted by atomic mass is 9.83. The molecule has 0 saturated heterocycles. The fraction of sp³-hybridized carbons (Fsp3) is 0.556. The Hall–Kier alpha value is -1.48. The highest BCUT2D eigenvalue weighted by molar-refractivity contribution is 5.49. The van der Waals surface area contributed by atoms with Crippen molar-refractivity contribution < 1.29 is 15.3 Å². The predicted octanol–water partition coefficient (Wildman–Crippen LogP) is 4.19. The molecule has 1 aromatic rings. The molecule has 0 bridgehead atoms. The lowest BCUT2D eigenvalue weighted by molar-refractivity contribution is 0.272. The third-order valence-corrected chi connectivity index (χ3v) is 4.56. The number of hydrogen-bond donors (Lipinski definition) is 3. The molecule has 1 aromatic carbocycles. The molecule has 0 amide bonds. The normalized spacial score (nSPS) is 20.1. The maximum absolute atomic E-state index is 10.2. The molecule has 0 fully saturated rings. The molecule has 3 N–H and O–H groups in total. The SMILES string of the molecule is CC[C@@H](CCO)c1cc([C@@H]2C=C(C)CCC2)c(O)cc1O. The predicted molar refractivity (Wildman–Crippen MR) is 84.9 cm³/mol. The van der Waals surface area contributed by atoms with Crippen LogP contribution in [0.4, 0.5) is 0 Å². The lowest BCUT2D eigenvalue weighted by Crippen LogP contribution is -2.06. The van der Waals surface area contributed by atoms with E-state index in [0.29, 0.717) is 6.42 Å². The van der Waals surface area contributed by atoms with E-state index in [-0.39, 0.29) is 29.9 Å². The summed E-state index contributed by atoms with van der Waals surface area (Å²) < 4.78 is 0. The van der Waals surface area contributed by atoms with Gasteiger partial charge in [0.2, 0.25) is 0 Å². The van der Waals surface area contributed by atoms with Crippen LogP contribution in [-0.4, -0.2) is 21.9 Å². The van der Waals surface area contributed by atoms with Crippen molar-refractivity contribution >= 4 is 0 Å². The molecule has 116 valence electrons. The first-order chi connectivity index (χ1) is 10.1. The first kappa shape index (κ1) is 15.9. The van der Waals surface area contributed by atoms with Crippen molar-refractivity contribution in [3.63, 3.8) is 0 Å². The molecule has 0 spiro atoms. The van der Waals surface area contributed by atoms with Crippen molar-refractivity contribution in [1.82, 2.24) is 0 Å². The smallest absolute Gasteiger partial charge is 0.123 e. The Morgan fingerprint density at radius 2 is 2.00 bits per heavy atom. The van der Waals surface area contributed by atoms with Crippen LogP contribution in [0.15, 0.2) is 23.8 Å². The van der Waals surface area contributed by atoms with Gasteiger partial charge in [-0.1, -0.05) is 18.6 Å². The Balaban J connectivity index is 2.40. The highest BCUT2D eigenvalue weighted by atomic mass is 16.3. The molecule has 0 aromatic heterocycles. The quantitative estimate of drug-likeness (QED) is 0.713.